The summed E-state index contributed by atoms with van der Waals surface area (Å²) >= 11 is 1.73. The van der Waals surface area contributed by atoms with E-state index in [2.05, 4.69) is 32.2 Å². The van der Waals surface area contributed by atoms with E-state index in [1.54, 1.807) is 11.8 Å². The van der Waals surface area contributed by atoms with E-state index in [4.69, 9.17) is 0 Å². The lowest BCUT2D eigenvalue weighted by atomic mass is 10.1. The smallest absolute Gasteiger partial charge is 0.102 e. The van der Waals surface area contributed by atoms with Gasteiger partial charge in [-0.15, -0.1) is 11.8 Å². The van der Waals surface area contributed by atoms with E-state index in [1.165, 1.54) is 19.3 Å². The summed E-state index contributed by atoms with van der Waals surface area (Å²) in [5.41, 5.74) is 1.77. The van der Waals surface area contributed by atoms with E-state index in [0.29, 0.717) is 6.04 Å². The molecule has 0 aliphatic rings. The molecule has 0 bridgehead atoms. The van der Waals surface area contributed by atoms with Crippen LogP contribution in [0.25, 0.3) is 0 Å². The Kier molecular flexibility index (Phi) is 7.43. The number of nitrogens with zero attached hydrogens (tertiary/aromatic N) is 1. The third kappa shape index (κ3) is 5.16. The van der Waals surface area contributed by atoms with Crippen molar-refractivity contribution in [3.8, 4) is 6.07 Å². The Balaban J connectivity index is 2.72. The second kappa shape index (κ2) is 8.87. The molecule has 0 fully saturated rings. The number of rotatable bonds is 8. The van der Waals surface area contributed by atoms with Crippen LogP contribution >= 0.6 is 11.8 Å². The summed E-state index contributed by atoms with van der Waals surface area (Å²) < 4.78 is 0. The first-order chi connectivity index (χ1) is 9.22. The number of nitrogens with one attached hydrogen (secondary N) is 1. The number of benzene rings is 1. The number of thioether (sulfide) groups is 1. The van der Waals surface area contributed by atoms with Crippen molar-refractivity contribution in [2.75, 3.05) is 11.1 Å². The van der Waals surface area contributed by atoms with Gasteiger partial charge in [0, 0.05) is 10.9 Å². The molecule has 0 aromatic heterocycles. The van der Waals surface area contributed by atoms with E-state index >= 15 is 0 Å². The van der Waals surface area contributed by atoms with Gasteiger partial charge in [0.1, 0.15) is 6.07 Å². The fraction of sp³-hybridized carbons (Fsp3) is 0.562. The highest BCUT2D eigenvalue weighted by molar-refractivity contribution is 7.99. The maximum absolute atomic E-state index is 9.35. The molecule has 1 aromatic rings. The number of anilines is 1. The molecule has 0 saturated carbocycles. The lowest BCUT2D eigenvalue weighted by molar-refractivity contribution is 0.615. The highest BCUT2D eigenvalue weighted by Gasteiger charge is 2.10. The van der Waals surface area contributed by atoms with Crippen LogP contribution < -0.4 is 5.32 Å². The fourth-order valence-electron chi connectivity index (χ4n) is 2.08. The zero-order valence-electron chi connectivity index (χ0n) is 12.2. The van der Waals surface area contributed by atoms with Crippen molar-refractivity contribution in [3.05, 3.63) is 23.8 Å². The minimum absolute atomic E-state index is 0.417. The monoisotopic (exact) mass is 276 g/mol. The van der Waals surface area contributed by atoms with Gasteiger partial charge in [0.15, 0.2) is 0 Å². The number of hydrogen-bond donors (Lipinski definition) is 1. The topological polar surface area (TPSA) is 35.8 Å². The van der Waals surface area contributed by atoms with Crippen LogP contribution in [0.1, 0.15) is 52.0 Å². The zero-order valence-corrected chi connectivity index (χ0v) is 13.0. The maximum Gasteiger partial charge on any atom is 0.102 e. The van der Waals surface area contributed by atoms with Gasteiger partial charge in [-0.25, -0.2) is 0 Å². The Bertz CT molecular complexity index is 423. The van der Waals surface area contributed by atoms with Gasteiger partial charge in [-0.3, -0.25) is 0 Å². The lowest BCUT2D eigenvalue weighted by Gasteiger charge is -2.17. The highest BCUT2D eigenvalue weighted by atomic mass is 32.2. The van der Waals surface area contributed by atoms with Crippen LogP contribution in [0, 0.1) is 11.3 Å². The van der Waals surface area contributed by atoms with Gasteiger partial charge in [-0.2, -0.15) is 5.26 Å². The quantitative estimate of drug-likeness (QED) is 0.533. The molecule has 2 nitrogen and oxygen atoms in total. The van der Waals surface area contributed by atoms with Gasteiger partial charge < -0.3 is 5.32 Å². The third-order valence-electron chi connectivity index (χ3n) is 3.08. The first kappa shape index (κ1) is 15.9. The first-order valence-electron chi connectivity index (χ1n) is 7.15. The molecule has 0 radical (unpaired) electrons. The minimum atomic E-state index is 0.417. The molecule has 0 aliphatic heterocycles. The largest absolute Gasteiger partial charge is 0.381 e. The normalized spacial score (nSPS) is 11.9. The Hall–Kier alpha value is -1.14. The van der Waals surface area contributed by atoms with Crippen molar-refractivity contribution >= 4 is 17.4 Å². The Morgan fingerprint density at radius 3 is 2.74 bits per heavy atom. The minimum Gasteiger partial charge on any atom is -0.381 e. The molecular formula is C16H24N2S. The molecule has 1 N–H and O–H groups in total. The summed E-state index contributed by atoms with van der Waals surface area (Å²) in [4.78, 5) is 1.08. The number of nitriles is 1. The average Bonchev–Trinajstić information content (AvgIpc) is 2.40. The Morgan fingerprint density at radius 1 is 1.32 bits per heavy atom. The molecule has 0 aliphatic carbocycles. The molecule has 3 heteroatoms. The van der Waals surface area contributed by atoms with Crippen molar-refractivity contribution < 1.29 is 0 Å². The predicted molar refractivity (Wildman–Crippen MR) is 84.8 cm³/mol. The molecule has 0 spiro atoms. The van der Waals surface area contributed by atoms with Crippen LogP contribution in [-0.4, -0.2) is 11.8 Å². The number of unbranched alkanes of at least 4 members (excludes halogenated alkanes) is 2. The van der Waals surface area contributed by atoms with Crippen molar-refractivity contribution in [1.82, 2.24) is 0 Å². The van der Waals surface area contributed by atoms with Gasteiger partial charge >= 0.3 is 0 Å². The van der Waals surface area contributed by atoms with E-state index in [1.807, 2.05) is 18.2 Å². The van der Waals surface area contributed by atoms with Crippen LogP contribution in [0.3, 0.4) is 0 Å². The Morgan fingerprint density at radius 2 is 2.11 bits per heavy atom. The van der Waals surface area contributed by atoms with E-state index < -0.39 is 0 Å². The third-order valence-corrected chi connectivity index (χ3v) is 4.02. The Labute approximate surface area is 121 Å². The molecule has 104 valence electrons. The summed E-state index contributed by atoms with van der Waals surface area (Å²) in [5.74, 6) is 0.990. The second-order valence-corrected chi connectivity index (χ2v) is 6.07. The van der Waals surface area contributed by atoms with Gasteiger partial charge in [-0.05, 0) is 31.2 Å². The summed E-state index contributed by atoms with van der Waals surface area (Å²) in [5, 5.41) is 12.8. The zero-order chi connectivity index (χ0) is 14.1. The molecule has 0 amide bonds. The number of hydrogen-bond acceptors (Lipinski definition) is 3. The molecule has 0 saturated heterocycles. The van der Waals surface area contributed by atoms with Crippen LogP contribution in [0.4, 0.5) is 5.69 Å². The average molecular weight is 276 g/mol. The second-order valence-electron chi connectivity index (χ2n) is 4.76. The maximum atomic E-state index is 9.35. The lowest BCUT2D eigenvalue weighted by Crippen LogP contribution is -2.15. The molecule has 0 heterocycles. The van der Waals surface area contributed by atoms with Crippen molar-refractivity contribution in [1.29, 1.82) is 5.26 Å². The molecule has 1 aromatic carbocycles. The summed E-state index contributed by atoms with van der Waals surface area (Å²) in [6.07, 6.45) is 4.93. The summed E-state index contributed by atoms with van der Waals surface area (Å²) in [6, 6.07) is 8.82. The fourth-order valence-corrected chi connectivity index (χ4v) is 2.87. The van der Waals surface area contributed by atoms with Gasteiger partial charge in [0.25, 0.3) is 0 Å². The molecular weight excluding hydrogens is 252 g/mol. The summed E-state index contributed by atoms with van der Waals surface area (Å²) in [6.45, 7) is 6.52. The van der Waals surface area contributed by atoms with Gasteiger partial charge in [0.2, 0.25) is 0 Å². The van der Waals surface area contributed by atoms with E-state index in [0.717, 1.165) is 28.3 Å². The predicted octanol–water partition coefficient (Wildman–Crippen LogP) is 5.05. The van der Waals surface area contributed by atoms with Crippen LogP contribution in [0.2, 0.25) is 0 Å². The van der Waals surface area contributed by atoms with E-state index in [9.17, 15) is 5.26 Å². The van der Waals surface area contributed by atoms with Crippen molar-refractivity contribution in [2.45, 2.75) is 57.4 Å². The van der Waals surface area contributed by atoms with Crippen LogP contribution in [0.5, 0.6) is 0 Å². The van der Waals surface area contributed by atoms with Crippen molar-refractivity contribution in [3.63, 3.8) is 0 Å². The van der Waals surface area contributed by atoms with Crippen LogP contribution in [0.15, 0.2) is 23.1 Å². The standard InChI is InChI=1S/C16H24N2S/c1-4-6-7-9-13(3)18-15-10-8-11-16(19-5-2)14(15)12-17/h8,10-11,13,18H,4-7,9H2,1-3H3. The van der Waals surface area contributed by atoms with Gasteiger partial charge in [-0.1, -0.05) is 39.2 Å². The van der Waals surface area contributed by atoms with Crippen molar-refractivity contribution in [2.24, 2.45) is 0 Å². The summed E-state index contributed by atoms with van der Waals surface area (Å²) in [7, 11) is 0. The highest BCUT2D eigenvalue weighted by Crippen LogP contribution is 2.28. The van der Waals surface area contributed by atoms with Crippen LogP contribution in [-0.2, 0) is 0 Å². The SMILES string of the molecule is CCCCCC(C)Nc1cccc(SCC)c1C#N. The first-order valence-corrected chi connectivity index (χ1v) is 8.13. The molecule has 19 heavy (non-hydrogen) atoms. The van der Waals surface area contributed by atoms with Gasteiger partial charge in [0.05, 0.1) is 11.3 Å². The molecule has 1 atom stereocenters. The molecule has 1 rings (SSSR count). The molecule has 1 unspecified atom stereocenters. The van der Waals surface area contributed by atoms with E-state index in [-0.39, 0.29) is 0 Å².